The average molecular weight is 217 g/mol. The van der Waals surface area contributed by atoms with E-state index in [0.29, 0.717) is 5.92 Å². The number of rotatable bonds is 3. The number of nitrogens with zero attached hydrogens (tertiary/aromatic N) is 3. The van der Waals surface area contributed by atoms with E-state index >= 15 is 0 Å². The molecule has 0 fully saturated rings. The summed E-state index contributed by atoms with van der Waals surface area (Å²) in [4.78, 5) is 3.98. The van der Waals surface area contributed by atoms with Crippen LogP contribution in [0.2, 0.25) is 0 Å². The van der Waals surface area contributed by atoms with Crippen LogP contribution in [-0.2, 0) is 6.61 Å². The normalized spacial score (nSPS) is 11.0. The highest BCUT2D eigenvalue weighted by Crippen LogP contribution is 2.22. The molecule has 2 rings (SSSR count). The van der Waals surface area contributed by atoms with Crippen molar-refractivity contribution in [1.29, 1.82) is 0 Å². The van der Waals surface area contributed by atoms with Crippen molar-refractivity contribution in [2.75, 3.05) is 0 Å². The van der Waals surface area contributed by atoms with E-state index < -0.39 is 0 Å². The predicted octanol–water partition coefficient (Wildman–Crippen LogP) is 1.88. The summed E-state index contributed by atoms with van der Waals surface area (Å²) >= 11 is 0. The van der Waals surface area contributed by atoms with E-state index in [1.165, 1.54) is 0 Å². The van der Waals surface area contributed by atoms with Crippen LogP contribution in [0.15, 0.2) is 30.7 Å². The van der Waals surface area contributed by atoms with Crippen LogP contribution in [0.25, 0.3) is 5.69 Å². The number of aromatic nitrogens is 3. The zero-order chi connectivity index (χ0) is 11.5. The van der Waals surface area contributed by atoms with E-state index in [1.54, 1.807) is 18.6 Å². The second-order valence-electron chi connectivity index (χ2n) is 3.99. The van der Waals surface area contributed by atoms with Gasteiger partial charge in [-0.1, -0.05) is 13.8 Å². The van der Waals surface area contributed by atoms with Crippen LogP contribution >= 0.6 is 0 Å². The Morgan fingerprint density at radius 1 is 1.31 bits per heavy atom. The van der Waals surface area contributed by atoms with E-state index in [2.05, 4.69) is 23.9 Å². The third-order valence-corrected chi connectivity index (χ3v) is 2.51. The molecule has 1 N–H and O–H groups in total. The molecule has 0 aliphatic carbocycles. The van der Waals surface area contributed by atoms with Gasteiger partial charge in [-0.3, -0.25) is 4.98 Å². The molecule has 0 radical (unpaired) electrons. The van der Waals surface area contributed by atoms with E-state index in [4.69, 9.17) is 0 Å². The Balaban J connectivity index is 2.53. The third kappa shape index (κ3) is 1.84. The van der Waals surface area contributed by atoms with Gasteiger partial charge in [-0.15, -0.1) is 0 Å². The van der Waals surface area contributed by atoms with Gasteiger partial charge < -0.3 is 5.11 Å². The molecule has 0 amide bonds. The van der Waals surface area contributed by atoms with Crippen molar-refractivity contribution in [2.45, 2.75) is 26.4 Å². The minimum Gasteiger partial charge on any atom is -0.392 e. The van der Waals surface area contributed by atoms with Crippen LogP contribution in [-0.4, -0.2) is 19.9 Å². The van der Waals surface area contributed by atoms with E-state index in [-0.39, 0.29) is 6.61 Å². The number of aliphatic hydroxyl groups is 1. The maximum absolute atomic E-state index is 9.26. The predicted molar refractivity (Wildman–Crippen MR) is 61.4 cm³/mol. The molecule has 2 heterocycles. The largest absolute Gasteiger partial charge is 0.392 e. The minimum absolute atomic E-state index is 0.0264. The molecule has 0 aliphatic heterocycles. The van der Waals surface area contributed by atoms with Gasteiger partial charge in [-0.2, -0.15) is 5.10 Å². The molecule has 0 spiro atoms. The van der Waals surface area contributed by atoms with Crippen LogP contribution < -0.4 is 0 Å². The van der Waals surface area contributed by atoms with Crippen LogP contribution in [0.5, 0.6) is 0 Å². The number of pyridine rings is 1. The molecule has 0 saturated carbocycles. The highest BCUT2D eigenvalue weighted by Gasteiger charge is 2.14. The van der Waals surface area contributed by atoms with Crippen molar-refractivity contribution in [3.8, 4) is 5.69 Å². The fourth-order valence-corrected chi connectivity index (χ4v) is 1.82. The van der Waals surface area contributed by atoms with Gasteiger partial charge in [-0.05, 0) is 18.1 Å². The van der Waals surface area contributed by atoms with Gasteiger partial charge in [0.25, 0.3) is 0 Å². The lowest BCUT2D eigenvalue weighted by Gasteiger charge is -2.11. The highest BCUT2D eigenvalue weighted by molar-refractivity contribution is 5.34. The van der Waals surface area contributed by atoms with Crippen LogP contribution in [0.1, 0.15) is 31.0 Å². The summed E-state index contributed by atoms with van der Waals surface area (Å²) in [5.74, 6) is 0.317. The Bertz CT molecular complexity index is 462. The zero-order valence-corrected chi connectivity index (χ0v) is 9.46. The quantitative estimate of drug-likeness (QED) is 0.854. The summed E-state index contributed by atoms with van der Waals surface area (Å²) in [6.45, 7) is 4.21. The monoisotopic (exact) mass is 217 g/mol. The molecule has 4 nitrogen and oxygen atoms in total. The molecular formula is C12H15N3O. The standard InChI is InChI=1S/C12H15N3O/c1-9(2)12-10(8-16)7-14-15(12)11-3-5-13-6-4-11/h3-7,9,16H,8H2,1-2H3. The smallest absolute Gasteiger partial charge is 0.0715 e. The summed E-state index contributed by atoms with van der Waals surface area (Å²) in [5, 5.41) is 13.6. The van der Waals surface area contributed by atoms with E-state index in [1.807, 2.05) is 16.8 Å². The first kappa shape index (κ1) is 10.8. The molecule has 0 aromatic carbocycles. The summed E-state index contributed by atoms with van der Waals surface area (Å²) in [6, 6.07) is 3.81. The van der Waals surface area contributed by atoms with Crippen molar-refractivity contribution in [1.82, 2.24) is 14.8 Å². The van der Waals surface area contributed by atoms with Crippen molar-refractivity contribution >= 4 is 0 Å². The Labute approximate surface area is 94.6 Å². The number of hydrogen-bond acceptors (Lipinski definition) is 3. The second kappa shape index (κ2) is 4.45. The van der Waals surface area contributed by atoms with Crippen LogP contribution in [0.3, 0.4) is 0 Å². The van der Waals surface area contributed by atoms with Gasteiger partial charge in [0.15, 0.2) is 0 Å². The average Bonchev–Trinajstić information content (AvgIpc) is 2.73. The number of aliphatic hydroxyl groups excluding tert-OH is 1. The van der Waals surface area contributed by atoms with Crippen LogP contribution in [0, 0.1) is 0 Å². The fourth-order valence-electron chi connectivity index (χ4n) is 1.82. The SMILES string of the molecule is CC(C)c1c(CO)cnn1-c1ccncc1. The summed E-state index contributed by atoms with van der Waals surface area (Å²) < 4.78 is 1.86. The Kier molecular flexibility index (Phi) is 3.01. The Morgan fingerprint density at radius 3 is 2.56 bits per heavy atom. The summed E-state index contributed by atoms with van der Waals surface area (Å²) in [5.41, 5.74) is 2.90. The van der Waals surface area contributed by atoms with E-state index in [9.17, 15) is 5.11 Å². The van der Waals surface area contributed by atoms with E-state index in [0.717, 1.165) is 16.9 Å². The molecule has 2 aromatic rings. The molecule has 16 heavy (non-hydrogen) atoms. The lowest BCUT2D eigenvalue weighted by Crippen LogP contribution is -2.05. The first-order chi connectivity index (χ1) is 7.74. The minimum atomic E-state index is 0.0264. The molecular weight excluding hydrogens is 202 g/mol. The van der Waals surface area contributed by atoms with Gasteiger partial charge in [-0.25, -0.2) is 4.68 Å². The van der Waals surface area contributed by atoms with Crippen molar-refractivity contribution in [3.63, 3.8) is 0 Å². The fraction of sp³-hybridized carbons (Fsp3) is 0.333. The molecule has 0 unspecified atom stereocenters. The first-order valence-electron chi connectivity index (χ1n) is 5.32. The van der Waals surface area contributed by atoms with Gasteiger partial charge in [0.1, 0.15) is 0 Å². The maximum Gasteiger partial charge on any atom is 0.0715 e. The Hall–Kier alpha value is -1.68. The molecule has 0 aliphatic rings. The zero-order valence-electron chi connectivity index (χ0n) is 9.46. The van der Waals surface area contributed by atoms with Crippen LogP contribution in [0.4, 0.5) is 0 Å². The molecule has 0 saturated heterocycles. The highest BCUT2D eigenvalue weighted by atomic mass is 16.3. The van der Waals surface area contributed by atoms with Gasteiger partial charge in [0.05, 0.1) is 24.2 Å². The number of hydrogen-bond donors (Lipinski definition) is 1. The van der Waals surface area contributed by atoms with Gasteiger partial charge >= 0.3 is 0 Å². The topological polar surface area (TPSA) is 50.9 Å². The third-order valence-electron chi connectivity index (χ3n) is 2.51. The molecule has 0 bridgehead atoms. The molecule has 84 valence electrons. The summed E-state index contributed by atoms with van der Waals surface area (Å²) in [7, 11) is 0. The first-order valence-corrected chi connectivity index (χ1v) is 5.32. The lowest BCUT2D eigenvalue weighted by atomic mass is 10.1. The molecule has 0 atom stereocenters. The van der Waals surface area contributed by atoms with Crippen molar-refractivity contribution in [3.05, 3.63) is 42.0 Å². The molecule has 4 heteroatoms. The second-order valence-corrected chi connectivity index (χ2v) is 3.99. The van der Waals surface area contributed by atoms with Crippen molar-refractivity contribution < 1.29 is 5.11 Å². The van der Waals surface area contributed by atoms with Gasteiger partial charge in [0, 0.05) is 18.0 Å². The van der Waals surface area contributed by atoms with Gasteiger partial charge in [0.2, 0.25) is 0 Å². The summed E-state index contributed by atoms with van der Waals surface area (Å²) in [6.07, 6.45) is 5.19. The molecule has 2 aromatic heterocycles. The lowest BCUT2D eigenvalue weighted by molar-refractivity contribution is 0.280. The maximum atomic E-state index is 9.26. The Morgan fingerprint density at radius 2 is 2.00 bits per heavy atom. The van der Waals surface area contributed by atoms with Crippen molar-refractivity contribution in [2.24, 2.45) is 0 Å².